The molecule has 3 nitrogen and oxygen atoms in total. The van der Waals surface area contributed by atoms with Crippen LogP contribution in [0.5, 0.6) is 0 Å². The Morgan fingerprint density at radius 2 is 1.79 bits per heavy atom. The van der Waals surface area contributed by atoms with Crippen LogP contribution in [0.3, 0.4) is 0 Å². The van der Waals surface area contributed by atoms with Crippen molar-refractivity contribution in [2.24, 2.45) is 13.5 Å². The van der Waals surface area contributed by atoms with Gasteiger partial charge in [-0.3, -0.25) is 0 Å². The summed E-state index contributed by atoms with van der Waals surface area (Å²) in [4.78, 5) is 0. The third-order valence-electron chi connectivity index (χ3n) is 1.35. The van der Waals surface area contributed by atoms with Crippen molar-refractivity contribution >= 4 is 64.6 Å². The summed E-state index contributed by atoms with van der Waals surface area (Å²) in [5.74, 6) is -5.28. The van der Waals surface area contributed by atoms with E-state index in [0.717, 1.165) is 19.0 Å². The molecule has 10 heteroatoms. The van der Waals surface area contributed by atoms with Crippen molar-refractivity contribution in [3.05, 3.63) is 0 Å². The standard InChI is InChI=1S/C4H9Cl4N3P3/c1-2-3-4-12-9-13(5,6)11-14(7,8)10-12/h2-4H2,1H3/q+1. The Hall–Kier alpha value is 1.72. The molecule has 82 valence electrons. The molecule has 1 atom stereocenters. The SMILES string of the molecule is CCCC[P+]1=NP(Cl)(Cl)=NP(Cl)(Cl)=N1. The number of halogens is 4. The average molecular weight is 334 g/mol. The van der Waals surface area contributed by atoms with E-state index in [4.69, 9.17) is 45.0 Å². The number of nitrogens with zero attached hydrogens (tertiary/aromatic N) is 3. The van der Waals surface area contributed by atoms with Gasteiger partial charge in [0.2, 0.25) is 0 Å². The van der Waals surface area contributed by atoms with Crippen LogP contribution in [-0.2, 0) is 0 Å². The van der Waals surface area contributed by atoms with Gasteiger partial charge < -0.3 is 0 Å². The highest BCUT2D eigenvalue weighted by molar-refractivity contribution is 8.20. The summed E-state index contributed by atoms with van der Waals surface area (Å²) < 4.78 is 12.2. The van der Waals surface area contributed by atoms with Crippen LogP contribution >= 0.6 is 64.6 Å². The summed E-state index contributed by atoms with van der Waals surface area (Å²) in [5, 5.41) is 0. The second-order valence-corrected chi connectivity index (χ2v) is 14.5. The Morgan fingerprint density at radius 3 is 2.29 bits per heavy atom. The van der Waals surface area contributed by atoms with Crippen molar-refractivity contribution in [1.29, 1.82) is 0 Å². The number of hydrogen-bond donors (Lipinski definition) is 0. The molecule has 0 saturated heterocycles. The molecule has 0 aromatic carbocycles. The van der Waals surface area contributed by atoms with E-state index in [1.54, 1.807) is 0 Å². The van der Waals surface area contributed by atoms with Gasteiger partial charge in [-0.05, 0) is 60.4 Å². The molecule has 0 bridgehead atoms. The van der Waals surface area contributed by atoms with E-state index in [0.29, 0.717) is 0 Å². The quantitative estimate of drug-likeness (QED) is 0.488. The number of hydrogen-bond acceptors (Lipinski definition) is 3. The summed E-state index contributed by atoms with van der Waals surface area (Å²) in [6.45, 7) is 2.09. The van der Waals surface area contributed by atoms with Crippen LogP contribution in [0.2, 0.25) is 0 Å². The lowest BCUT2D eigenvalue weighted by Crippen LogP contribution is -1.75. The van der Waals surface area contributed by atoms with E-state index in [1.165, 1.54) is 0 Å². The topological polar surface area (TPSA) is 37.1 Å². The van der Waals surface area contributed by atoms with Gasteiger partial charge in [0, 0.05) is 0 Å². The van der Waals surface area contributed by atoms with Gasteiger partial charge in [0.1, 0.15) is 0 Å². The molecule has 1 heterocycles. The van der Waals surface area contributed by atoms with Gasteiger partial charge in [-0.15, -0.1) is 0 Å². The van der Waals surface area contributed by atoms with Gasteiger partial charge in [0.15, 0.2) is 6.16 Å². The first-order valence-electron chi connectivity index (χ1n) is 3.90. The molecule has 0 saturated carbocycles. The smallest absolute Gasteiger partial charge is 0.179 e. The van der Waals surface area contributed by atoms with Gasteiger partial charge >= 0.3 is 19.7 Å². The minimum absolute atomic E-state index is 0.851. The van der Waals surface area contributed by atoms with Gasteiger partial charge in [0.25, 0.3) is 0 Å². The molecule has 14 heavy (non-hydrogen) atoms. The maximum atomic E-state index is 5.89. The normalized spacial score (nSPS) is 25.9. The van der Waals surface area contributed by atoms with E-state index in [2.05, 4.69) is 20.5 Å². The predicted molar refractivity (Wildman–Crippen MR) is 71.2 cm³/mol. The second kappa shape index (κ2) is 5.37. The van der Waals surface area contributed by atoms with Crippen molar-refractivity contribution in [3.63, 3.8) is 0 Å². The van der Waals surface area contributed by atoms with E-state index in [-0.39, 0.29) is 0 Å². The minimum Gasteiger partial charge on any atom is -0.179 e. The summed E-state index contributed by atoms with van der Waals surface area (Å²) in [7, 11) is -0.926. The molecule has 0 N–H and O–H groups in total. The Morgan fingerprint density at radius 1 is 1.14 bits per heavy atom. The number of unbranched alkanes of at least 4 members (excludes halogenated alkanes) is 1. The van der Waals surface area contributed by atoms with Crippen LogP contribution in [0.25, 0.3) is 0 Å². The fourth-order valence-corrected chi connectivity index (χ4v) is 14.1. The monoisotopic (exact) mass is 332 g/mol. The molecule has 0 radical (unpaired) electrons. The molecule has 0 amide bonds. The summed E-state index contributed by atoms with van der Waals surface area (Å²) in [6, 6.07) is 0. The van der Waals surface area contributed by atoms with E-state index in [1.807, 2.05) is 0 Å². The fourth-order valence-electron chi connectivity index (χ4n) is 0.821. The van der Waals surface area contributed by atoms with E-state index >= 15 is 0 Å². The van der Waals surface area contributed by atoms with Crippen LogP contribution in [0, 0.1) is 0 Å². The molecular formula is C4H9Cl4N3P3+. The van der Waals surface area contributed by atoms with Crippen molar-refractivity contribution in [2.45, 2.75) is 19.8 Å². The van der Waals surface area contributed by atoms with Gasteiger partial charge in [-0.1, -0.05) is 13.3 Å². The minimum atomic E-state index is -2.64. The fraction of sp³-hybridized carbons (Fsp3) is 1.00. The van der Waals surface area contributed by atoms with Crippen molar-refractivity contribution in [2.75, 3.05) is 6.16 Å². The molecule has 0 aliphatic carbocycles. The van der Waals surface area contributed by atoms with Gasteiger partial charge in [0.05, 0.1) is 0 Å². The number of rotatable bonds is 3. The highest BCUT2D eigenvalue weighted by atomic mass is 35.9. The summed E-state index contributed by atoms with van der Waals surface area (Å²) >= 11 is 23.6. The third kappa shape index (κ3) is 4.71. The Kier molecular flexibility index (Phi) is 5.28. The zero-order valence-corrected chi connectivity index (χ0v) is 13.0. The first-order chi connectivity index (χ1) is 6.35. The molecule has 1 aliphatic rings. The van der Waals surface area contributed by atoms with Crippen LogP contribution in [-0.4, -0.2) is 6.16 Å². The lowest BCUT2D eigenvalue weighted by molar-refractivity contribution is 0.892. The average Bonchev–Trinajstić information content (AvgIpc) is 1.94. The van der Waals surface area contributed by atoms with Crippen LogP contribution in [0.15, 0.2) is 13.5 Å². The van der Waals surface area contributed by atoms with Gasteiger partial charge in [-0.25, -0.2) is 0 Å². The van der Waals surface area contributed by atoms with Crippen molar-refractivity contribution in [1.82, 2.24) is 0 Å². The zero-order chi connectivity index (χ0) is 10.8. The maximum Gasteiger partial charge on any atom is 0.356 e. The molecule has 1 unspecified atom stereocenters. The maximum absolute atomic E-state index is 5.89. The zero-order valence-electron chi connectivity index (χ0n) is 7.32. The summed E-state index contributed by atoms with van der Waals surface area (Å²) in [5.41, 5.74) is 0. The van der Waals surface area contributed by atoms with Gasteiger partial charge in [-0.2, -0.15) is 4.52 Å². The predicted octanol–water partition coefficient (Wildman–Crippen LogP) is 7.23. The first-order valence-corrected chi connectivity index (χ1v) is 12.3. The Bertz CT molecular complexity index is 345. The van der Waals surface area contributed by atoms with Crippen LogP contribution in [0.4, 0.5) is 0 Å². The Labute approximate surface area is 104 Å². The van der Waals surface area contributed by atoms with E-state index in [9.17, 15) is 0 Å². The highest BCUT2D eigenvalue weighted by Gasteiger charge is 2.33. The molecule has 0 fully saturated rings. The first kappa shape index (κ1) is 13.8. The Balaban J connectivity index is 2.95. The lowest BCUT2D eigenvalue weighted by Gasteiger charge is -2.06. The van der Waals surface area contributed by atoms with Crippen LogP contribution in [0.1, 0.15) is 19.8 Å². The highest BCUT2D eigenvalue weighted by Crippen LogP contribution is 2.81. The molecule has 1 rings (SSSR count). The van der Waals surface area contributed by atoms with Crippen LogP contribution < -0.4 is 0 Å². The molecule has 0 aromatic rings. The summed E-state index contributed by atoms with van der Waals surface area (Å²) in [6.07, 6.45) is 2.96. The van der Waals surface area contributed by atoms with Crippen molar-refractivity contribution in [3.8, 4) is 0 Å². The lowest BCUT2D eigenvalue weighted by atomic mass is 10.4. The third-order valence-corrected chi connectivity index (χ3v) is 12.0. The van der Waals surface area contributed by atoms with Crippen molar-refractivity contribution < 1.29 is 0 Å². The molecule has 1 aliphatic heterocycles. The molecule has 0 aromatic heterocycles. The molecule has 0 spiro atoms. The van der Waals surface area contributed by atoms with E-state index < -0.39 is 19.7 Å². The largest absolute Gasteiger partial charge is 0.356 e. The second-order valence-electron chi connectivity index (χ2n) is 2.63. The molecular weight excluding hydrogens is 325 g/mol.